The minimum Gasteiger partial charge on any atom is -0.333 e. The molecule has 2 atom stereocenters. The molecular weight excluding hydrogens is 448 g/mol. The van der Waals surface area contributed by atoms with Crippen LogP contribution in [0, 0.1) is 5.92 Å². The summed E-state index contributed by atoms with van der Waals surface area (Å²) in [6.45, 7) is 7.23. The summed E-state index contributed by atoms with van der Waals surface area (Å²) >= 11 is 0. The molecule has 0 spiro atoms. The summed E-state index contributed by atoms with van der Waals surface area (Å²) in [5, 5.41) is 7.47. The fourth-order valence-corrected chi connectivity index (χ4v) is 5.49. The van der Waals surface area contributed by atoms with Gasteiger partial charge in [-0.05, 0) is 74.3 Å². The largest absolute Gasteiger partial charge is 0.333 e. The van der Waals surface area contributed by atoms with Crippen LogP contribution in [0.2, 0.25) is 0 Å². The van der Waals surface area contributed by atoms with E-state index in [0.717, 1.165) is 18.5 Å². The van der Waals surface area contributed by atoms with Crippen molar-refractivity contribution in [1.29, 1.82) is 0 Å². The van der Waals surface area contributed by atoms with E-state index in [9.17, 15) is 9.59 Å². The first-order chi connectivity index (χ1) is 17.2. The molecule has 1 aliphatic heterocycles. The number of benzene rings is 2. The summed E-state index contributed by atoms with van der Waals surface area (Å²) in [5.74, 6) is 0.869. The lowest BCUT2D eigenvalue weighted by molar-refractivity contribution is -0.120. The molecule has 1 N–H and O–H groups in total. The molecule has 1 fully saturated rings. The molecule has 1 saturated carbocycles. The van der Waals surface area contributed by atoms with Crippen LogP contribution < -0.4 is 5.32 Å². The van der Waals surface area contributed by atoms with Gasteiger partial charge in [0.05, 0.1) is 5.69 Å². The Bertz CT molecular complexity index is 1270. The smallest absolute Gasteiger partial charge is 0.318 e. The molecule has 2 heterocycles. The van der Waals surface area contributed by atoms with Crippen molar-refractivity contribution in [2.75, 3.05) is 6.54 Å². The Labute approximate surface area is 213 Å². The van der Waals surface area contributed by atoms with Gasteiger partial charge in [0.15, 0.2) is 0 Å². The van der Waals surface area contributed by atoms with E-state index < -0.39 is 0 Å². The van der Waals surface area contributed by atoms with Crippen molar-refractivity contribution in [1.82, 2.24) is 20.0 Å². The zero-order valence-corrected chi connectivity index (χ0v) is 21.8. The second-order valence-electron chi connectivity index (χ2n) is 11.2. The fourth-order valence-electron chi connectivity index (χ4n) is 5.49. The van der Waals surface area contributed by atoms with Crippen LogP contribution in [-0.4, -0.2) is 38.6 Å². The van der Waals surface area contributed by atoms with Gasteiger partial charge < -0.3 is 10.2 Å². The normalized spacial score (nSPS) is 19.1. The molecule has 0 radical (unpaired) electrons. The average molecular weight is 485 g/mol. The Balaban J connectivity index is 1.36. The zero-order chi connectivity index (χ0) is 25.4. The molecule has 5 rings (SSSR count). The van der Waals surface area contributed by atoms with E-state index in [4.69, 9.17) is 0 Å². The molecule has 36 heavy (non-hydrogen) atoms. The highest BCUT2D eigenvalue weighted by molar-refractivity contribution is 5.85. The molecule has 6 heteroatoms. The first-order valence-electron chi connectivity index (χ1n) is 13.0. The topological polar surface area (TPSA) is 67.2 Å². The van der Waals surface area contributed by atoms with Crippen molar-refractivity contribution >= 4 is 11.8 Å². The SMILES string of the molecule is Cn1nccc1-c1ccc(CCC(=O)C2C[C@H]2c2ccccc2)c2c1CCN(C(=O)NC(C)(C)C)C2. The minimum absolute atomic E-state index is 0.0372. The Morgan fingerprint density at radius 1 is 1.06 bits per heavy atom. The van der Waals surface area contributed by atoms with Crippen molar-refractivity contribution in [2.45, 2.75) is 64.5 Å². The lowest BCUT2D eigenvalue weighted by atomic mass is 9.87. The second-order valence-corrected chi connectivity index (χ2v) is 11.2. The first-order valence-corrected chi connectivity index (χ1v) is 13.0. The third-order valence-corrected chi connectivity index (χ3v) is 7.45. The summed E-state index contributed by atoms with van der Waals surface area (Å²) in [7, 11) is 1.96. The van der Waals surface area contributed by atoms with E-state index in [1.54, 1.807) is 0 Å². The number of Topliss-reactive ketones (excluding diaryl/α,β-unsaturated/α-hetero) is 1. The summed E-state index contributed by atoms with van der Waals surface area (Å²) < 4.78 is 1.90. The third kappa shape index (κ3) is 5.08. The van der Waals surface area contributed by atoms with Gasteiger partial charge in [0, 0.05) is 49.8 Å². The van der Waals surface area contributed by atoms with Crippen LogP contribution in [0.5, 0.6) is 0 Å². The van der Waals surface area contributed by atoms with Gasteiger partial charge in [-0.15, -0.1) is 0 Å². The number of urea groups is 1. The van der Waals surface area contributed by atoms with Crippen LogP contribution >= 0.6 is 0 Å². The average Bonchev–Trinajstić information content (AvgIpc) is 3.55. The number of rotatable bonds is 6. The Morgan fingerprint density at radius 3 is 2.53 bits per heavy atom. The molecule has 188 valence electrons. The van der Waals surface area contributed by atoms with Gasteiger partial charge in [-0.3, -0.25) is 9.48 Å². The molecule has 0 bridgehead atoms. The zero-order valence-electron chi connectivity index (χ0n) is 21.8. The quantitative estimate of drug-likeness (QED) is 0.519. The van der Waals surface area contributed by atoms with Crippen molar-refractivity contribution < 1.29 is 9.59 Å². The van der Waals surface area contributed by atoms with Crippen molar-refractivity contribution in [2.24, 2.45) is 13.0 Å². The molecule has 3 aromatic rings. The molecule has 0 saturated heterocycles. The Morgan fingerprint density at radius 2 is 1.83 bits per heavy atom. The third-order valence-electron chi connectivity index (χ3n) is 7.45. The van der Waals surface area contributed by atoms with Crippen molar-refractivity contribution in [3.8, 4) is 11.3 Å². The number of amides is 2. The standard InChI is InChI=1S/C30H36N4O2/c1-30(2,3)32-29(36)34-17-15-22-23(27-14-16-31-33(27)4)12-10-21(26(22)19-34)11-13-28(35)25-18-24(25)20-8-6-5-7-9-20/h5-10,12,14,16,24-25H,11,13,15,17-19H2,1-4H3,(H,32,36)/t24-,25?/m0/s1. The minimum atomic E-state index is -0.289. The number of aryl methyl sites for hydroxylation is 2. The summed E-state index contributed by atoms with van der Waals surface area (Å²) in [6.07, 6.45) is 4.81. The number of nitrogens with one attached hydrogen (secondary N) is 1. The van der Waals surface area contributed by atoms with E-state index in [1.807, 2.05) is 67.9 Å². The van der Waals surface area contributed by atoms with Crippen LogP contribution in [-0.2, 0) is 31.2 Å². The van der Waals surface area contributed by atoms with Gasteiger partial charge in [0.1, 0.15) is 5.78 Å². The molecule has 1 aromatic heterocycles. The maximum atomic E-state index is 13.1. The van der Waals surface area contributed by atoms with Gasteiger partial charge in [0.25, 0.3) is 0 Å². The van der Waals surface area contributed by atoms with Gasteiger partial charge in [-0.25, -0.2) is 4.79 Å². The van der Waals surface area contributed by atoms with Crippen LogP contribution in [0.3, 0.4) is 0 Å². The van der Waals surface area contributed by atoms with Crippen LogP contribution in [0.25, 0.3) is 11.3 Å². The summed E-state index contributed by atoms with van der Waals surface area (Å²) in [6, 6.07) is 16.7. The number of nitrogens with zero attached hydrogens (tertiary/aromatic N) is 3. The summed E-state index contributed by atoms with van der Waals surface area (Å²) in [5.41, 5.74) is 6.86. The lowest BCUT2D eigenvalue weighted by Gasteiger charge is -2.34. The maximum absolute atomic E-state index is 13.1. The van der Waals surface area contributed by atoms with E-state index >= 15 is 0 Å². The monoisotopic (exact) mass is 484 g/mol. The highest BCUT2D eigenvalue weighted by atomic mass is 16.2. The number of hydrogen-bond donors (Lipinski definition) is 1. The van der Waals surface area contributed by atoms with Crippen LogP contribution in [0.15, 0.2) is 54.7 Å². The lowest BCUT2D eigenvalue weighted by Crippen LogP contribution is -2.50. The molecule has 2 aliphatic rings. The van der Waals surface area contributed by atoms with E-state index in [1.165, 1.54) is 27.8 Å². The molecule has 2 amide bonds. The van der Waals surface area contributed by atoms with Gasteiger partial charge >= 0.3 is 6.03 Å². The second kappa shape index (κ2) is 9.57. The first kappa shape index (κ1) is 24.3. The summed E-state index contributed by atoms with van der Waals surface area (Å²) in [4.78, 5) is 28.0. The van der Waals surface area contributed by atoms with Crippen molar-refractivity contribution in [3.63, 3.8) is 0 Å². The number of carbonyl (C=O) groups is 2. The van der Waals surface area contributed by atoms with Crippen LogP contribution in [0.4, 0.5) is 4.79 Å². The number of carbonyl (C=O) groups excluding carboxylic acids is 2. The Hall–Kier alpha value is -3.41. The van der Waals surface area contributed by atoms with Gasteiger partial charge in [-0.2, -0.15) is 5.10 Å². The van der Waals surface area contributed by atoms with E-state index in [0.29, 0.717) is 37.6 Å². The highest BCUT2D eigenvalue weighted by Gasteiger charge is 2.43. The highest BCUT2D eigenvalue weighted by Crippen LogP contribution is 2.48. The number of hydrogen-bond acceptors (Lipinski definition) is 3. The van der Waals surface area contributed by atoms with Crippen molar-refractivity contribution in [3.05, 3.63) is 77.0 Å². The van der Waals surface area contributed by atoms with Crippen LogP contribution in [0.1, 0.15) is 61.8 Å². The molecule has 6 nitrogen and oxygen atoms in total. The molecule has 1 aliphatic carbocycles. The number of aromatic nitrogens is 2. The predicted octanol–water partition coefficient (Wildman–Crippen LogP) is 5.26. The molecular formula is C30H36N4O2. The van der Waals surface area contributed by atoms with Gasteiger partial charge in [-0.1, -0.05) is 42.5 Å². The fraction of sp³-hybridized carbons (Fsp3) is 0.433. The Kier molecular flexibility index (Phi) is 6.45. The molecule has 1 unspecified atom stereocenters. The van der Waals surface area contributed by atoms with E-state index in [2.05, 4.69) is 34.7 Å². The predicted molar refractivity (Wildman–Crippen MR) is 142 cm³/mol. The molecule has 2 aromatic carbocycles. The van der Waals surface area contributed by atoms with Gasteiger partial charge in [0.2, 0.25) is 0 Å². The number of ketones is 1. The maximum Gasteiger partial charge on any atom is 0.318 e. The number of fused-ring (bicyclic) bond motifs is 1. The van der Waals surface area contributed by atoms with E-state index in [-0.39, 0.29) is 17.5 Å².